The summed E-state index contributed by atoms with van der Waals surface area (Å²) >= 11 is 0. The molecule has 0 amide bonds. The average molecular weight is 284 g/mol. The zero-order valence-corrected chi connectivity index (χ0v) is 11.1. The van der Waals surface area contributed by atoms with Gasteiger partial charge in [0.25, 0.3) is 5.69 Å². The van der Waals surface area contributed by atoms with Crippen LogP contribution in [0, 0.1) is 17.0 Å². The summed E-state index contributed by atoms with van der Waals surface area (Å²) in [7, 11) is 0. The molecule has 0 bridgehead atoms. The Bertz CT molecular complexity index is 557. The van der Waals surface area contributed by atoms with E-state index in [4.69, 9.17) is 4.52 Å². The number of benzene rings is 1. The maximum absolute atomic E-state index is 10.8. The molecule has 0 spiro atoms. The average Bonchev–Trinajstić information content (AvgIpc) is 2.75. The number of hydrogen-bond acceptors (Lipinski definition) is 5. The number of rotatable bonds is 5. The first-order valence-corrected chi connectivity index (χ1v) is 5.52. The van der Waals surface area contributed by atoms with Crippen molar-refractivity contribution in [2.24, 2.45) is 0 Å². The Kier molecular flexibility index (Phi) is 5.47. The topological polar surface area (TPSA) is 81.2 Å². The third-order valence-corrected chi connectivity index (χ3v) is 2.49. The molecule has 19 heavy (non-hydrogen) atoms. The standard InChI is InChI=1S/C12H13N3O3.ClH/c1-9-6-11(14-18-9)8-13-7-10-4-2-3-5-12(10)15(16)17;/h2-6,13H,7-8H2,1H3;1H. The Balaban J connectivity index is 0.00000180. The molecule has 7 heteroatoms. The zero-order chi connectivity index (χ0) is 13.0. The summed E-state index contributed by atoms with van der Waals surface area (Å²) in [6, 6.07) is 8.50. The van der Waals surface area contributed by atoms with E-state index in [2.05, 4.69) is 10.5 Å². The smallest absolute Gasteiger partial charge is 0.273 e. The first-order chi connectivity index (χ1) is 8.66. The van der Waals surface area contributed by atoms with Crippen LogP contribution in [-0.4, -0.2) is 10.1 Å². The number of aromatic nitrogens is 1. The quantitative estimate of drug-likeness (QED) is 0.674. The van der Waals surface area contributed by atoms with Crippen LogP contribution in [0.3, 0.4) is 0 Å². The summed E-state index contributed by atoms with van der Waals surface area (Å²) < 4.78 is 4.93. The van der Waals surface area contributed by atoms with E-state index in [0.717, 1.165) is 11.5 Å². The predicted octanol–water partition coefficient (Wildman–Crippen LogP) is 2.60. The van der Waals surface area contributed by atoms with Gasteiger partial charge in [0.1, 0.15) is 5.76 Å². The zero-order valence-electron chi connectivity index (χ0n) is 10.3. The van der Waals surface area contributed by atoms with E-state index in [1.807, 2.05) is 13.0 Å². The molecule has 0 atom stereocenters. The Morgan fingerprint density at radius 2 is 2.11 bits per heavy atom. The van der Waals surface area contributed by atoms with Crippen LogP contribution in [0.15, 0.2) is 34.9 Å². The largest absolute Gasteiger partial charge is 0.361 e. The van der Waals surface area contributed by atoms with Crippen molar-refractivity contribution in [3.05, 3.63) is 57.5 Å². The summed E-state index contributed by atoms with van der Waals surface area (Å²) in [6.07, 6.45) is 0. The van der Waals surface area contributed by atoms with Crippen LogP contribution in [0.5, 0.6) is 0 Å². The van der Waals surface area contributed by atoms with Crippen molar-refractivity contribution in [1.29, 1.82) is 0 Å². The molecule has 0 aliphatic rings. The van der Waals surface area contributed by atoms with Gasteiger partial charge in [0.15, 0.2) is 0 Å². The van der Waals surface area contributed by atoms with Gasteiger partial charge >= 0.3 is 0 Å². The maximum Gasteiger partial charge on any atom is 0.273 e. The number of aryl methyl sites for hydroxylation is 1. The van der Waals surface area contributed by atoms with Crippen molar-refractivity contribution in [2.75, 3.05) is 0 Å². The van der Waals surface area contributed by atoms with Crippen LogP contribution in [-0.2, 0) is 13.1 Å². The lowest BCUT2D eigenvalue weighted by molar-refractivity contribution is -0.385. The molecule has 0 fully saturated rings. The molecule has 6 nitrogen and oxygen atoms in total. The summed E-state index contributed by atoms with van der Waals surface area (Å²) in [4.78, 5) is 10.4. The summed E-state index contributed by atoms with van der Waals surface area (Å²) in [6.45, 7) is 2.75. The van der Waals surface area contributed by atoms with E-state index in [-0.39, 0.29) is 23.0 Å². The minimum atomic E-state index is -0.378. The molecule has 0 saturated heterocycles. The lowest BCUT2D eigenvalue weighted by Crippen LogP contribution is -2.13. The number of nitro benzene ring substituents is 1. The van der Waals surface area contributed by atoms with Gasteiger partial charge in [0.2, 0.25) is 0 Å². The summed E-state index contributed by atoms with van der Waals surface area (Å²) in [5.74, 6) is 0.748. The molecule has 1 aromatic carbocycles. The second-order valence-corrected chi connectivity index (χ2v) is 3.92. The number of nitro groups is 1. The molecule has 1 aromatic heterocycles. The number of hydrogen-bond donors (Lipinski definition) is 1. The third kappa shape index (κ3) is 4.04. The van der Waals surface area contributed by atoms with Gasteiger partial charge in [0.05, 0.1) is 10.6 Å². The molecular formula is C12H14ClN3O3. The van der Waals surface area contributed by atoms with Gasteiger partial charge in [-0.25, -0.2) is 0 Å². The molecule has 102 valence electrons. The van der Waals surface area contributed by atoms with Gasteiger partial charge < -0.3 is 9.84 Å². The highest BCUT2D eigenvalue weighted by Gasteiger charge is 2.11. The second-order valence-electron chi connectivity index (χ2n) is 3.92. The SMILES string of the molecule is Cc1cc(CNCc2ccccc2[N+](=O)[O-])no1.Cl. The van der Waals surface area contributed by atoms with E-state index < -0.39 is 0 Å². The minimum Gasteiger partial charge on any atom is -0.361 e. The molecule has 0 aliphatic carbocycles. The number of nitrogens with zero attached hydrogens (tertiary/aromatic N) is 2. The highest BCUT2D eigenvalue weighted by Crippen LogP contribution is 2.17. The van der Waals surface area contributed by atoms with Crippen LogP contribution in [0.25, 0.3) is 0 Å². The fourth-order valence-corrected chi connectivity index (χ4v) is 1.66. The summed E-state index contributed by atoms with van der Waals surface area (Å²) in [5.41, 5.74) is 1.56. The fourth-order valence-electron chi connectivity index (χ4n) is 1.66. The lowest BCUT2D eigenvalue weighted by atomic mass is 10.2. The highest BCUT2D eigenvalue weighted by molar-refractivity contribution is 5.85. The molecule has 1 heterocycles. The van der Waals surface area contributed by atoms with Crippen molar-refractivity contribution in [1.82, 2.24) is 10.5 Å². The molecule has 0 saturated carbocycles. The Morgan fingerprint density at radius 1 is 1.37 bits per heavy atom. The van der Waals surface area contributed by atoms with Gasteiger partial charge in [-0.05, 0) is 6.92 Å². The Hall–Kier alpha value is -1.92. The van der Waals surface area contributed by atoms with E-state index >= 15 is 0 Å². The second kappa shape index (κ2) is 6.86. The fraction of sp³-hybridized carbons (Fsp3) is 0.250. The van der Waals surface area contributed by atoms with Crippen molar-refractivity contribution < 1.29 is 9.45 Å². The van der Waals surface area contributed by atoms with Crippen LogP contribution in [0.1, 0.15) is 17.0 Å². The predicted molar refractivity (Wildman–Crippen MR) is 72.1 cm³/mol. The number of halogens is 1. The molecule has 0 aliphatic heterocycles. The van der Waals surface area contributed by atoms with Crippen molar-refractivity contribution in [3.63, 3.8) is 0 Å². The van der Waals surface area contributed by atoms with Crippen LogP contribution >= 0.6 is 12.4 Å². The molecule has 2 rings (SSSR count). The van der Waals surface area contributed by atoms with Crippen molar-refractivity contribution >= 4 is 18.1 Å². The minimum absolute atomic E-state index is 0. The third-order valence-electron chi connectivity index (χ3n) is 2.49. The maximum atomic E-state index is 10.8. The van der Waals surface area contributed by atoms with Crippen molar-refractivity contribution in [3.8, 4) is 0 Å². The van der Waals surface area contributed by atoms with Crippen LogP contribution in [0.4, 0.5) is 5.69 Å². The van der Waals surface area contributed by atoms with Gasteiger partial charge in [0, 0.05) is 30.8 Å². The van der Waals surface area contributed by atoms with Gasteiger partial charge in [-0.15, -0.1) is 12.4 Å². The van der Waals surface area contributed by atoms with Gasteiger partial charge in [-0.2, -0.15) is 0 Å². The van der Waals surface area contributed by atoms with Crippen LogP contribution in [0.2, 0.25) is 0 Å². The lowest BCUT2D eigenvalue weighted by Gasteiger charge is -2.03. The molecular weight excluding hydrogens is 270 g/mol. The molecule has 0 radical (unpaired) electrons. The molecule has 2 aromatic rings. The van der Waals surface area contributed by atoms with E-state index in [1.165, 1.54) is 6.07 Å². The highest BCUT2D eigenvalue weighted by atomic mass is 35.5. The van der Waals surface area contributed by atoms with Gasteiger partial charge in [-0.3, -0.25) is 10.1 Å². The number of nitrogens with one attached hydrogen (secondary N) is 1. The van der Waals surface area contributed by atoms with Gasteiger partial charge in [-0.1, -0.05) is 23.4 Å². The van der Waals surface area contributed by atoms with E-state index in [1.54, 1.807) is 18.2 Å². The molecule has 1 N–H and O–H groups in total. The Morgan fingerprint density at radius 3 is 2.74 bits per heavy atom. The first-order valence-electron chi connectivity index (χ1n) is 5.52. The normalized spacial score (nSPS) is 9.95. The van der Waals surface area contributed by atoms with Crippen LogP contribution < -0.4 is 5.32 Å². The number of para-hydroxylation sites is 1. The molecule has 0 unspecified atom stereocenters. The van der Waals surface area contributed by atoms with E-state index in [0.29, 0.717) is 18.7 Å². The first kappa shape index (κ1) is 15.1. The monoisotopic (exact) mass is 283 g/mol. The Labute approximate surface area is 116 Å². The van der Waals surface area contributed by atoms with Crippen molar-refractivity contribution in [2.45, 2.75) is 20.0 Å². The van der Waals surface area contributed by atoms with E-state index in [9.17, 15) is 10.1 Å². The summed E-state index contributed by atoms with van der Waals surface area (Å²) in [5, 5.41) is 17.7.